The Bertz CT molecular complexity index is 685. The lowest BCUT2D eigenvalue weighted by molar-refractivity contribution is -0.139. The molecule has 1 fully saturated rings. The lowest BCUT2D eigenvalue weighted by Gasteiger charge is -2.32. The molecule has 0 saturated carbocycles. The Labute approximate surface area is 156 Å². The summed E-state index contributed by atoms with van der Waals surface area (Å²) in [5.41, 5.74) is -1.88. The van der Waals surface area contributed by atoms with Crippen LogP contribution in [0.5, 0.6) is 11.5 Å². The molecule has 1 aromatic rings. The number of ether oxygens (including phenoxy) is 2. The summed E-state index contributed by atoms with van der Waals surface area (Å²) >= 11 is 0. The fourth-order valence-corrected chi connectivity index (χ4v) is 2.33. The first-order valence-corrected chi connectivity index (χ1v) is 8.45. The predicted molar refractivity (Wildman–Crippen MR) is 94.3 cm³/mol. The van der Waals surface area contributed by atoms with Crippen LogP contribution in [0.4, 0.5) is 17.6 Å². The van der Waals surface area contributed by atoms with Gasteiger partial charge < -0.3 is 18.8 Å². The highest BCUT2D eigenvalue weighted by Crippen LogP contribution is 2.39. The second-order valence-corrected chi connectivity index (χ2v) is 7.23. The van der Waals surface area contributed by atoms with Gasteiger partial charge in [-0.05, 0) is 45.9 Å². The zero-order chi connectivity index (χ0) is 20.5. The maximum atomic E-state index is 14.7. The van der Waals surface area contributed by atoms with Crippen molar-refractivity contribution >= 4 is 13.2 Å². The number of rotatable bonds is 6. The van der Waals surface area contributed by atoms with E-state index in [4.69, 9.17) is 18.8 Å². The molecule has 0 atom stereocenters. The standard InChI is InChI=1S/C18H23BF4O4/c1-16(2)17(3,4)27-19(26-16)15(20)10-12-6-7-13(24-5)11-14(12)25-9-8-18(21,22)23/h6-7,10-11H,8-9H2,1-5H3. The molecule has 0 radical (unpaired) electrons. The highest BCUT2D eigenvalue weighted by molar-refractivity contribution is 6.54. The van der Waals surface area contributed by atoms with Crippen LogP contribution in [0.25, 0.3) is 6.08 Å². The minimum Gasteiger partial charge on any atom is -0.497 e. The lowest BCUT2D eigenvalue weighted by Crippen LogP contribution is -2.41. The van der Waals surface area contributed by atoms with Crippen molar-refractivity contribution in [2.75, 3.05) is 13.7 Å². The largest absolute Gasteiger partial charge is 0.525 e. The first-order chi connectivity index (χ1) is 12.3. The maximum Gasteiger partial charge on any atom is 0.525 e. The minimum atomic E-state index is -4.34. The van der Waals surface area contributed by atoms with E-state index < -0.39 is 43.3 Å². The van der Waals surface area contributed by atoms with Gasteiger partial charge in [0, 0.05) is 11.6 Å². The molecule has 1 saturated heterocycles. The molecule has 27 heavy (non-hydrogen) atoms. The van der Waals surface area contributed by atoms with Crippen LogP contribution in [0.3, 0.4) is 0 Å². The van der Waals surface area contributed by atoms with Gasteiger partial charge in [-0.1, -0.05) is 0 Å². The van der Waals surface area contributed by atoms with Crippen LogP contribution >= 0.6 is 0 Å². The molecule has 0 aromatic heterocycles. The fraction of sp³-hybridized carbons (Fsp3) is 0.556. The third-order valence-corrected chi connectivity index (χ3v) is 4.64. The van der Waals surface area contributed by atoms with Crippen LogP contribution in [0.1, 0.15) is 39.7 Å². The van der Waals surface area contributed by atoms with Gasteiger partial charge in [0.2, 0.25) is 0 Å². The summed E-state index contributed by atoms with van der Waals surface area (Å²) in [7, 11) is 0.204. The van der Waals surface area contributed by atoms with E-state index in [2.05, 4.69) is 0 Å². The van der Waals surface area contributed by atoms with E-state index in [1.807, 2.05) is 0 Å². The molecule has 4 nitrogen and oxygen atoms in total. The molecular weight excluding hydrogens is 367 g/mol. The van der Waals surface area contributed by atoms with E-state index in [0.29, 0.717) is 5.75 Å². The van der Waals surface area contributed by atoms with Crippen LogP contribution < -0.4 is 9.47 Å². The molecule has 0 unspecified atom stereocenters. The number of alkyl halides is 3. The average molecular weight is 390 g/mol. The van der Waals surface area contributed by atoms with Crippen LogP contribution in [0.15, 0.2) is 23.9 Å². The first-order valence-electron chi connectivity index (χ1n) is 8.45. The Hall–Kier alpha value is -1.74. The highest BCUT2D eigenvalue weighted by Gasteiger charge is 2.53. The SMILES string of the molecule is COc1ccc(C=C(F)B2OC(C)(C)C(C)(C)O2)c(OCCC(F)(F)F)c1. The summed E-state index contributed by atoms with van der Waals surface area (Å²) < 4.78 is 73.3. The summed E-state index contributed by atoms with van der Waals surface area (Å²) in [5.74, 6) is 0.454. The quantitative estimate of drug-likeness (QED) is 0.508. The van der Waals surface area contributed by atoms with Crippen molar-refractivity contribution in [3.63, 3.8) is 0 Å². The van der Waals surface area contributed by atoms with Crippen molar-refractivity contribution in [1.82, 2.24) is 0 Å². The smallest absolute Gasteiger partial charge is 0.497 e. The van der Waals surface area contributed by atoms with E-state index in [1.165, 1.54) is 19.2 Å². The average Bonchev–Trinajstić information content (AvgIpc) is 2.75. The van der Waals surface area contributed by atoms with Gasteiger partial charge in [-0.2, -0.15) is 13.2 Å². The summed E-state index contributed by atoms with van der Waals surface area (Å²) in [6.07, 6.45) is -4.33. The van der Waals surface area contributed by atoms with E-state index in [9.17, 15) is 17.6 Å². The van der Waals surface area contributed by atoms with Crippen molar-refractivity contribution in [3.05, 3.63) is 29.5 Å². The van der Waals surface area contributed by atoms with Crippen LogP contribution in [-0.2, 0) is 9.31 Å². The van der Waals surface area contributed by atoms with Gasteiger partial charge >= 0.3 is 13.3 Å². The van der Waals surface area contributed by atoms with Gasteiger partial charge in [0.05, 0.1) is 31.3 Å². The number of hydrogen-bond acceptors (Lipinski definition) is 4. The molecule has 0 amide bonds. The molecule has 150 valence electrons. The molecular formula is C18H23BF4O4. The summed E-state index contributed by atoms with van der Waals surface area (Å²) in [4.78, 5) is 0. The summed E-state index contributed by atoms with van der Waals surface area (Å²) in [5, 5.41) is 0. The second-order valence-electron chi connectivity index (χ2n) is 7.23. The fourth-order valence-electron chi connectivity index (χ4n) is 2.33. The van der Waals surface area contributed by atoms with Crippen LogP contribution in [0.2, 0.25) is 0 Å². The number of halogens is 4. The Kier molecular flexibility index (Phi) is 6.16. The first kappa shape index (κ1) is 21.6. The molecule has 0 N–H and O–H groups in total. The van der Waals surface area contributed by atoms with Gasteiger partial charge in [-0.25, -0.2) is 4.39 Å². The van der Waals surface area contributed by atoms with Gasteiger partial charge in [-0.15, -0.1) is 0 Å². The Morgan fingerprint density at radius 1 is 1.15 bits per heavy atom. The molecule has 2 rings (SSSR count). The van der Waals surface area contributed by atoms with E-state index in [1.54, 1.807) is 33.8 Å². The molecule has 1 aliphatic heterocycles. The summed E-state index contributed by atoms with van der Waals surface area (Å²) in [6.45, 7) is 6.58. The Morgan fingerprint density at radius 3 is 2.26 bits per heavy atom. The Morgan fingerprint density at radius 2 is 1.74 bits per heavy atom. The lowest BCUT2D eigenvalue weighted by atomic mass is 9.86. The number of benzene rings is 1. The van der Waals surface area contributed by atoms with Crippen LogP contribution in [-0.4, -0.2) is 38.2 Å². The zero-order valence-electron chi connectivity index (χ0n) is 15.9. The van der Waals surface area contributed by atoms with E-state index >= 15 is 0 Å². The molecule has 1 heterocycles. The molecule has 0 spiro atoms. The molecule has 1 aromatic carbocycles. The van der Waals surface area contributed by atoms with Crippen molar-refractivity contribution in [3.8, 4) is 11.5 Å². The monoisotopic (exact) mass is 390 g/mol. The van der Waals surface area contributed by atoms with E-state index in [-0.39, 0.29) is 11.3 Å². The number of methoxy groups -OCH3 is 1. The topological polar surface area (TPSA) is 36.9 Å². The maximum absolute atomic E-state index is 14.7. The van der Waals surface area contributed by atoms with Crippen LogP contribution in [0, 0.1) is 0 Å². The molecule has 1 aliphatic rings. The zero-order valence-corrected chi connectivity index (χ0v) is 15.9. The third kappa shape index (κ3) is 5.38. The predicted octanol–water partition coefficient (Wildman–Crippen LogP) is 4.97. The van der Waals surface area contributed by atoms with Gasteiger partial charge in [0.25, 0.3) is 0 Å². The molecule has 0 bridgehead atoms. The second kappa shape index (κ2) is 7.71. The highest BCUT2D eigenvalue weighted by atomic mass is 19.4. The molecule has 0 aliphatic carbocycles. The van der Waals surface area contributed by atoms with Gasteiger partial charge in [0.15, 0.2) is 0 Å². The minimum absolute atomic E-state index is 0.0743. The van der Waals surface area contributed by atoms with Crippen molar-refractivity contribution in [1.29, 1.82) is 0 Å². The third-order valence-electron chi connectivity index (χ3n) is 4.64. The van der Waals surface area contributed by atoms with Crippen molar-refractivity contribution in [2.24, 2.45) is 0 Å². The van der Waals surface area contributed by atoms with E-state index in [0.717, 1.165) is 6.08 Å². The number of hydrogen-bond donors (Lipinski definition) is 0. The summed E-state index contributed by atoms with van der Waals surface area (Å²) in [6, 6.07) is 4.45. The normalized spacial score (nSPS) is 19.3. The Balaban J connectivity index is 2.22. The van der Waals surface area contributed by atoms with Crippen molar-refractivity contribution in [2.45, 2.75) is 51.5 Å². The molecule has 9 heteroatoms. The van der Waals surface area contributed by atoms with Crippen molar-refractivity contribution < 1.29 is 36.3 Å². The van der Waals surface area contributed by atoms with Gasteiger partial charge in [-0.3, -0.25) is 0 Å². The van der Waals surface area contributed by atoms with Gasteiger partial charge in [0.1, 0.15) is 17.2 Å².